The van der Waals surface area contributed by atoms with E-state index in [2.05, 4.69) is 11.9 Å². The maximum absolute atomic E-state index is 12.8. The predicted octanol–water partition coefficient (Wildman–Crippen LogP) is 3.78. The zero-order valence-corrected chi connectivity index (χ0v) is 14.9. The number of hydrogen-bond acceptors (Lipinski definition) is 3. The van der Waals surface area contributed by atoms with Crippen molar-refractivity contribution in [2.45, 2.75) is 51.0 Å². The van der Waals surface area contributed by atoms with Crippen LogP contribution in [0.4, 0.5) is 0 Å². The number of benzene rings is 1. The first-order valence-corrected chi connectivity index (χ1v) is 9.44. The molecule has 1 aromatic carbocycles. The number of rotatable bonds is 3. The number of piperidine rings is 1. The van der Waals surface area contributed by atoms with Crippen LogP contribution in [-0.4, -0.2) is 39.6 Å². The summed E-state index contributed by atoms with van der Waals surface area (Å²) in [5.41, 5.74) is 0.916. The van der Waals surface area contributed by atoms with Crippen molar-refractivity contribution in [3.05, 3.63) is 42.1 Å². The van der Waals surface area contributed by atoms with Gasteiger partial charge in [0.15, 0.2) is 0 Å². The zero-order valence-electron chi connectivity index (χ0n) is 14.9. The van der Waals surface area contributed by atoms with Gasteiger partial charge in [0.1, 0.15) is 5.69 Å². The van der Waals surface area contributed by atoms with Crippen molar-refractivity contribution < 1.29 is 9.90 Å². The van der Waals surface area contributed by atoms with Crippen LogP contribution >= 0.6 is 0 Å². The minimum atomic E-state index is -0.502. The Morgan fingerprint density at radius 1 is 1.12 bits per heavy atom. The molecule has 25 heavy (non-hydrogen) atoms. The lowest BCUT2D eigenvalue weighted by atomic mass is 9.51. The van der Waals surface area contributed by atoms with Crippen LogP contribution in [-0.2, 0) is 0 Å². The number of aromatic nitrogens is 1. The second kappa shape index (κ2) is 6.10. The SMILES string of the molecule is CCCC1(O)CCC12CCN(C(=O)c1ccc3ccccc3n1)CC2. The molecule has 2 aromatic rings. The Kier molecular flexibility index (Phi) is 4.03. The monoisotopic (exact) mass is 338 g/mol. The number of likely N-dealkylation sites (tertiary alicyclic amines) is 1. The number of carbonyl (C=O) groups is 1. The standard InChI is InChI=1S/C21H26N2O2/c1-2-9-21(25)11-10-20(21)12-14-23(15-13-20)19(24)18-8-7-16-5-3-4-6-17(16)22-18/h3-8,25H,2,9-15H2,1H3. The molecule has 1 spiro atoms. The Balaban J connectivity index is 1.47. The molecule has 132 valence electrons. The molecule has 1 saturated heterocycles. The van der Waals surface area contributed by atoms with Gasteiger partial charge in [0, 0.05) is 23.9 Å². The third kappa shape index (κ3) is 2.63. The molecule has 2 fully saturated rings. The van der Waals surface area contributed by atoms with E-state index in [1.807, 2.05) is 41.3 Å². The summed E-state index contributed by atoms with van der Waals surface area (Å²) >= 11 is 0. The average Bonchev–Trinajstić information content (AvgIpc) is 2.66. The van der Waals surface area contributed by atoms with Gasteiger partial charge in [0.2, 0.25) is 0 Å². The molecule has 4 rings (SSSR count). The van der Waals surface area contributed by atoms with Crippen molar-refractivity contribution in [3.63, 3.8) is 0 Å². The van der Waals surface area contributed by atoms with Crippen LogP contribution in [0.3, 0.4) is 0 Å². The van der Waals surface area contributed by atoms with E-state index in [0.29, 0.717) is 5.69 Å². The van der Waals surface area contributed by atoms with Crippen LogP contribution in [0.2, 0.25) is 0 Å². The van der Waals surface area contributed by atoms with E-state index in [1.54, 1.807) is 0 Å². The molecule has 4 heteroatoms. The fourth-order valence-electron chi connectivity index (χ4n) is 4.77. The number of amides is 1. The molecular formula is C21H26N2O2. The quantitative estimate of drug-likeness (QED) is 0.926. The van der Waals surface area contributed by atoms with Gasteiger partial charge in [-0.3, -0.25) is 4.79 Å². The van der Waals surface area contributed by atoms with Crippen LogP contribution in [0.25, 0.3) is 10.9 Å². The molecule has 2 heterocycles. The first-order chi connectivity index (χ1) is 12.1. The largest absolute Gasteiger partial charge is 0.389 e. The van der Waals surface area contributed by atoms with Crippen LogP contribution in [0, 0.1) is 5.41 Å². The molecule has 0 radical (unpaired) electrons. The van der Waals surface area contributed by atoms with Gasteiger partial charge >= 0.3 is 0 Å². The second-order valence-corrected chi connectivity index (χ2v) is 7.74. The van der Waals surface area contributed by atoms with Gasteiger partial charge in [-0.2, -0.15) is 0 Å². The summed E-state index contributed by atoms with van der Waals surface area (Å²) < 4.78 is 0. The number of pyridine rings is 1. The topological polar surface area (TPSA) is 53.4 Å². The number of para-hydroxylation sites is 1. The van der Waals surface area contributed by atoms with Crippen molar-refractivity contribution >= 4 is 16.8 Å². The fourth-order valence-corrected chi connectivity index (χ4v) is 4.77. The molecule has 1 unspecified atom stereocenters. The van der Waals surface area contributed by atoms with Gasteiger partial charge in [-0.05, 0) is 44.2 Å². The molecule has 1 atom stereocenters. The Labute approximate surface area is 148 Å². The van der Waals surface area contributed by atoms with Crippen molar-refractivity contribution in [1.82, 2.24) is 9.88 Å². The van der Waals surface area contributed by atoms with Gasteiger partial charge in [0.05, 0.1) is 11.1 Å². The molecule has 2 aliphatic rings. The first kappa shape index (κ1) is 16.5. The van der Waals surface area contributed by atoms with E-state index < -0.39 is 5.60 Å². The first-order valence-electron chi connectivity index (χ1n) is 9.44. The van der Waals surface area contributed by atoms with E-state index in [9.17, 15) is 9.90 Å². The molecule has 1 amide bonds. The lowest BCUT2D eigenvalue weighted by Gasteiger charge is -2.59. The van der Waals surface area contributed by atoms with Crippen LogP contribution in [0.1, 0.15) is 55.9 Å². The average molecular weight is 338 g/mol. The van der Waals surface area contributed by atoms with E-state index >= 15 is 0 Å². The number of fused-ring (bicyclic) bond motifs is 1. The van der Waals surface area contributed by atoms with Crippen molar-refractivity contribution in [2.24, 2.45) is 5.41 Å². The summed E-state index contributed by atoms with van der Waals surface area (Å²) in [6.07, 6.45) is 5.72. The number of nitrogens with zero attached hydrogens (tertiary/aromatic N) is 2. The van der Waals surface area contributed by atoms with Gasteiger partial charge in [-0.1, -0.05) is 37.6 Å². The summed E-state index contributed by atoms with van der Waals surface area (Å²) in [7, 11) is 0. The third-order valence-electron chi connectivity index (χ3n) is 6.49. The molecule has 4 nitrogen and oxygen atoms in total. The molecule has 1 saturated carbocycles. The molecule has 1 aliphatic heterocycles. The predicted molar refractivity (Wildman–Crippen MR) is 98.4 cm³/mol. The highest BCUT2D eigenvalue weighted by atomic mass is 16.3. The lowest BCUT2D eigenvalue weighted by molar-refractivity contribution is -0.191. The number of carbonyl (C=O) groups excluding carboxylic acids is 1. The van der Waals surface area contributed by atoms with Crippen molar-refractivity contribution in [1.29, 1.82) is 0 Å². The van der Waals surface area contributed by atoms with E-state index in [0.717, 1.165) is 62.5 Å². The molecule has 1 aromatic heterocycles. The van der Waals surface area contributed by atoms with E-state index in [4.69, 9.17) is 0 Å². The Morgan fingerprint density at radius 3 is 2.56 bits per heavy atom. The van der Waals surface area contributed by atoms with E-state index in [-0.39, 0.29) is 11.3 Å². The highest BCUT2D eigenvalue weighted by Gasteiger charge is 2.57. The highest BCUT2D eigenvalue weighted by molar-refractivity contribution is 5.95. The summed E-state index contributed by atoms with van der Waals surface area (Å²) in [5, 5.41) is 12.0. The van der Waals surface area contributed by atoms with Crippen molar-refractivity contribution in [2.75, 3.05) is 13.1 Å². The maximum Gasteiger partial charge on any atom is 0.272 e. The van der Waals surface area contributed by atoms with Crippen LogP contribution in [0.15, 0.2) is 36.4 Å². The highest BCUT2D eigenvalue weighted by Crippen LogP contribution is 2.58. The zero-order chi connectivity index (χ0) is 17.5. The molecule has 0 bridgehead atoms. The summed E-state index contributed by atoms with van der Waals surface area (Å²) in [5.74, 6) is 0.0129. The Morgan fingerprint density at radius 2 is 1.88 bits per heavy atom. The van der Waals surface area contributed by atoms with Gasteiger partial charge in [-0.15, -0.1) is 0 Å². The molecular weight excluding hydrogens is 312 g/mol. The van der Waals surface area contributed by atoms with Crippen molar-refractivity contribution in [3.8, 4) is 0 Å². The third-order valence-corrected chi connectivity index (χ3v) is 6.49. The maximum atomic E-state index is 12.8. The van der Waals surface area contributed by atoms with Crippen LogP contribution < -0.4 is 0 Å². The molecule has 1 aliphatic carbocycles. The molecule has 1 N–H and O–H groups in total. The summed E-state index contributed by atoms with van der Waals surface area (Å²) in [6.45, 7) is 3.58. The van der Waals surface area contributed by atoms with Gasteiger partial charge < -0.3 is 10.0 Å². The van der Waals surface area contributed by atoms with Crippen LogP contribution in [0.5, 0.6) is 0 Å². The summed E-state index contributed by atoms with van der Waals surface area (Å²) in [6, 6.07) is 11.7. The number of hydrogen-bond donors (Lipinski definition) is 1. The van der Waals surface area contributed by atoms with Gasteiger partial charge in [0.25, 0.3) is 5.91 Å². The summed E-state index contributed by atoms with van der Waals surface area (Å²) in [4.78, 5) is 19.3. The lowest BCUT2D eigenvalue weighted by Crippen LogP contribution is -2.61. The van der Waals surface area contributed by atoms with Gasteiger partial charge in [-0.25, -0.2) is 4.98 Å². The number of aliphatic hydroxyl groups is 1. The minimum Gasteiger partial charge on any atom is -0.389 e. The smallest absolute Gasteiger partial charge is 0.272 e. The second-order valence-electron chi connectivity index (χ2n) is 7.74. The van der Waals surface area contributed by atoms with E-state index in [1.165, 1.54) is 0 Å². The Bertz CT molecular complexity index is 795. The Hall–Kier alpha value is -1.94. The minimum absolute atomic E-state index is 0.0129. The normalized spacial score (nSPS) is 25.1. The fraction of sp³-hybridized carbons (Fsp3) is 0.524.